The van der Waals surface area contributed by atoms with Crippen molar-refractivity contribution in [1.29, 1.82) is 0 Å². The first kappa shape index (κ1) is 17.3. The summed E-state index contributed by atoms with van der Waals surface area (Å²) in [5, 5.41) is 9.14. The number of methoxy groups -OCH3 is 1. The molecular formula is C18H22N2O5. The number of hydrogen-bond donors (Lipinski definition) is 1. The van der Waals surface area contributed by atoms with Gasteiger partial charge in [0.1, 0.15) is 0 Å². The average Bonchev–Trinajstić information content (AvgIpc) is 3.04. The molecule has 2 heterocycles. The van der Waals surface area contributed by atoms with Crippen LogP contribution in [0, 0.1) is 5.41 Å². The molecule has 3 rings (SSSR count). The van der Waals surface area contributed by atoms with E-state index in [1.165, 1.54) is 7.11 Å². The van der Waals surface area contributed by atoms with Crippen LogP contribution < -0.4 is 4.90 Å². The number of fused-ring (bicyclic) bond motifs is 1. The largest absolute Gasteiger partial charge is 0.481 e. The normalized spacial score (nSPS) is 18.6. The van der Waals surface area contributed by atoms with Gasteiger partial charge in [0.2, 0.25) is 0 Å². The van der Waals surface area contributed by atoms with Crippen LogP contribution in [0.4, 0.5) is 10.5 Å². The van der Waals surface area contributed by atoms with Crippen LogP contribution in [-0.2, 0) is 20.7 Å². The third-order valence-corrected chi connectivity index (χ3v) is 5.22. The second-order valence-electron chi connectivity index (χ2n) is 6.64. The number of aliphatic carboxylic acids is 1. The van der Waals surface area contributed by atoms with Gasteiger partial charge in [-0.2, -0.15) is 0 Å². The van der Waals surface area contributed by atoms with Gasteiger partial charge in [-0.3, -0.25) is 14.5 Å². The summed E-state index contributed by atoms with van der Waals surface area (Å²) in [7, 11) is 1.27. The predicted octanol–water partition coefficient (Wildman–Crippen LogP) is 1.90. The van der Waals surface area contributed by atoms with E-state index < -0.39 is 17.4 Å². The van der Waals surface area contributed by atoms with Gasteiger partial charge in [0, 0.05) is 25.3 Å². The number of anilines is 1. The third-order valence-electron chi connectivity index (χ3n) is 5.22. The number of nitrogens with zero attached hydrogens (tertiary/aromatic N) is 2. The molecule has 7 nitrogen and oxygen atoms in total. The molecule has 0 aromatic heterocycles. The first-order valence-electron chi connectivity index (χ1n) is 8.41. The van der Waals surface area contributed by atoms with Crippen molar-refractivity contribution in [2.75, 3.05) is 31.6 Å². The van der Waals surface area contributed by atoms with Crippen molar-refractivity contribution in [2.24, 2.45) is 5.41 Å². The van der Waals surface area contributed by atoms with Crippen LogP contribution in [0.3, 0.4) is 0 Å². The lowest BCUT2D eigenvalue weighted by Crippen LogP contribution is -2.51. The molecule has 1 N–H and O–H groups in total. The number of carbonyl (C=O) groups is 3. The number of carboxylic acids is 1. The number of likely N-dealkylation sites (tertiary alicyclic amines) is 1. The van der Waals surface area contributed by atoms with Gasteiger partial charge >= 0.3 is 18.0 Å². The topological polar surface area (TPSA) is 87.1 Å². The SMILES string of the molecule is COC(=O)C1(CC(=O)O)CCN(C(=O)N2CCc3ccccc32)CC1. The number of ether oxygens (including phenoxy) is 1. The molecular weight excluding hydrogens is 324 g/mol. The maximum atomic E-state index is 12.9. The number of carboxylic acid groups (broad SMARTS) is 1. The molecule has 2 amide bonds. The first-order chi connectivity index (χ1) is 12.0. The summed E-state index contributed by atoms with van der Waals surface area (Å²) in [6.45, 7) is 1.34. The number of piperidine rings is 1. The zero-order valence-electron chi connectivity index (χ0n) is 14.2. The summed E-state index contributed by atoms with van der Waals surface area (Å²) in [5.74, 6) is -1.54. The summed E-state index contributed by atoms with van der Waals surface area (Å²) in [6.07, 6.45) is 1.16. The number of benzene rings is 1. The Morgan fingerprint density at radius 2 is 1.84 bits per heavy atom. The molecule has 1 fully saturated rings. The van der Waals surface area contributed by atoms with Gasteiger partial charge < -0.3 is 14.7 Å². The second-order valence-corrected chi connectivity index (χ2v) is 6.64. The highest BCUT2D eigenvalue weighted by Gasteiger charge is 2.45. The summed E-state index contributed by atoms with van der Waals surface area (Å²) >= 11 is 0. The van der Waals surface area contributed by atoms with E-state index in [0.717, 1.165) is 17.7 Å². The molecule has 0 aliphatic carbocycles. The van der Waals surface area contributed by atoms with Crippen LogP contribution in [0.2, 0.25) is 0 Å². The van der Waals surface area contributed by atoms with Gasteiger partial charge in [0.05, 0.1) is 18.9 Å². The molecule has 0 radical (unpaired) electrons. The number of urea groups is 1. The van der Waals surface area contributed by atoms with E-state index in [1.807, 2.05) is 24.3 Å². The number of esters is 1. The van der Waals surface area contributed by atoms with Gasteiger partial charge in [-0.05, 0) is 30.9 Å². The highest BCUT2D eigenvalue weighted by Crippen LogP contribution is 2.37. The number of amides is 2. The smallest absolute Gasteiger partial charge is 0.324 e. The highest BCUT2D eigenvalue weighted by molar-refractivity contribution is 5.94. The van der Waals surface area contributed by atoms with E-state index in [1.54, 1.807) is 9.80 Å². The van der Waals surface area contributed by atoms with E-state index in [9.17, 15) is 14.4 Å². The van der Waals surface area contributed by atoms with Crippen LogP contribution in [0.25, 0.3) is 0 Å². The Balaban J connectivity index is 1.70. The van der Waals surface area contributed by atoms with E-state index in [2.05, 4.69) is 0 Å². The lowest BCUT2D eigenvalue weighted by atomic mass is 9.75. The zero-order chi connectivity index (χ0) is 18.0. The van der Waals surface area contributed by atoms with E-state index in [0.29, 0.717) is 32.5 Å². The molecule has 7 heteroatoms. The van der Waals surface area contributed by atoms with E-state index in [-0.39, 0.29) is 12.5 Å². The molecule has 1 saturated heterocycles. The van der Waals surface area contributed by atoms with Crippen molar-refractivity contribution in [3.63, 3.8) is 0 Å². The minimum absolute atomic E-state index is 0.0845. The van der Waals surface area contributed by atoms with Gasteiger partial charge in [-0.25, -0.2) is 4.79 Å². The first-order valence-corrected chi connectivity index (χ1v) is 8.41. The molecule has 0 spiro atoms. The van der Waals surface area contributed by atoms with Crippen molar-refractivity contribution in [2.45, 2.75) is 25.7 Å². The molecule has 0 saturated carbocycles. The molecule has 25 heavy (non-hydrogen) atoms. The molecule has 0 bridgehead atoms. The maximum absolute atomic E-state index is 12.9. The van der Waals surface area contributed by atoms with E-state index >= 15 is 0 Å². The third kappa shape index (κ3) is 3.18. The van der Waals surface area contributed by atoms with Crippen molar-refractivity contribution in [3.8, 4) is 0 Å². The Morgan fingerprint density at radius 3 is 2.48 bits per heavy atom. The molecule has 1 aromatic rings. The number of rotatable bonds is 3. The van der Waals surface area contributed by atoms with Crippen molar-refractivity contribution >= 4 is 23.7 Å². The number of hydrogen-bond acceptors (Lipinski definition) is 4. The Morgan fingerprint density at radius 1 is 1.16 bits per heavy atom. The summed E-state index contributed by atoms with van der Waals surface area (Å²) in [5.41, 5.74) is 1.05. The second kappa shape index (κ2) is 6.74. The summed E-state index contributed by atoms with van der Waals surface area (Å²) in [6, 6.07) is 7.75. The molecule has 0 unspecified atom stereocenters. The minimum atomic E-state index is -1.04. The Hall–Kier alpha value is -2.57. The predicted molar refractivity (Wildman–Crippen MR) is 90.4 cm³/mol. The van der Waals surface area contributed by atoms with Gasteiger partial charge in [-0.1, -0.05) is 18.2 Å². The fraction of sp³-hybridized carbons (Fsp3) is 0.500. The Labute approximate surface area is 146 Å². The van der Waals surface area contributed by atoms with E-state index in [4.69, 9.17) is 9.84 Å². The van der Waals surface area contributed by atoms with Crippen molar-refractivity contribution in [3.05, 3.63) is 29.8 Å². The molecule has 0 atom stereocenters. The monoisotopic (exact) mass is 346 g/mol. The lowest BCUT2D eigenvalue weighted by Gasteiger charge is -2.40. The van der Waals surface area contributed by atoms with Crippen molar-refractivity contribution in [1.82, 2.24) is 4.90 Å². The quantitative estimate of drug-likeness (QED) is 0.845. The van der Waals surface area contributed by atoms with Crippen LogP contribution in [-0.4, -0.2) is 54.7 Å². The van der Waals surface area contributed by atoms with Crippen LogP contribution >= 0.6 is 0 Å². The van der Waals surface area contributed by atoms with Crippen LogP contribution in [0.15, 0.2) is 24.3 Å². The Bertz CT molecular complexity index is 694. The lowest BCUT2D eigenvalue weighted by molar-refractivity contribution is -0.161. The number of carbonyl (C=O) groups excluding carboxylic acids is 2. The van der Waals surface area contributed by atoms with Crippen LogP contribution in [0.5, 0.6) is 0 Å². The molecule has 1 aromatic carbocycles. The zero-order valence-corrected chi connectivity index (χ0v) is 14.2. The van der Waals surface area contributed by atoms with Crippen molar-refractivity contribution < 1.29 is 24.2 Å². The highest BCUT2D eigenvalue weighted by atomic mass is 16.5. The summed E-state index contributed by atoms with van der Waals surface area (Å²) in [4.78, 5) is 39.6. The molecule has 2 aliphatic heterocycles. The fourth-order valence-electron chi connectivity index (χ4n) is 3.79. The standard InChI is InChI=1S/C18H22N2O5/c1-25-16(23)18(12-15(21)22)7-10-19(11-8-18)17(24)20-9-6-13-4-2-3-5-14(13)20/h2-5H,6-12H2,1H3,(H,21,22). The Kier molecular flexibility index (Phi) is 4.65. The number of para-hydroxylation sites is 1. The molecule has 2 aliphatic rings. The average molecular weight is 346 g/mol. The van der Waals surface area contributed by atoms with Crippen LogP contribution in [0.1, 0.15) is 24.8 Å². The van der Waals surface area contributed by atoms with Gasteiger partial charge in [-0.15, -0.1) is 0 Å². The van der Waals surface area contributed by atoms with Gasteiger partial charge in [0.25, 0.3) is 0 Å². The minimum Gasteiger partial charge on any atom is -0.481 e. The maximum Gasteiger partial charge on any atom is 0.324 e. The van der Waals surface area contributed by atoms with Gasteiger partial charge in [0.15, 0.2) is 0 Å². The molecule has 134 valence electrons. The summed E-state index contributed by atoms with van der Waals surface area (Å²) < 4.78 is 4.82. The fourth-order valence-corrected chi connectivity index (χ4v) is 3.79.